The number of aliphatic hydroxyl groups is 1. The van der Waals surface area contributed by atoms with Gasteiger partial charge in [0.05, 0.1) is 6.61 Å². The molecule has 0 aliphatic carbocycles. The summed E-state index contributed by atoms with van der Waals surface area (Å²) in [5.74, 6) is 0.907. The predicted octanol–water partition coefficient (Wildman–Crippen LogP) is 4.46. The van der Waals surface area contributed by atoms with E-state index in [4.69, 9.17) is 4.43 Å². The fourth-order valence-corrected chi connectivity index (χ4v) is 3.12. The molecule has 0 amide bonds. The second-order valence-corrected chi connectivity index (χ2v) is 11.3. The molecule has 0 spiro atoms. The van der Waals surface area contributed by atoms with Gasteiger partial charge in [0, 0.05) is 10.9 Å². The Hall–Kier alpha value is -0.323. The van der Waals surface area contributed by atoms with Gasteiger partial charge in [0.25, 0.3) is 0 Å². The summed E-state index contributed by atoms with van der Waals surface area (Å²) in [5.41, 5.74) is 1.99. The molecule has 0 saturated heterocycles. The average Bonchev–Trinajstić information content (AvgIpc) is 2.26. The third-order valence-corrected chi connectivity index (χ3v) is 8.61. The Bertz CT molecular complexity index is 411. The van der Waals surface area contributed by atoms with Crippen molar-refractivity contribution < 1.29 is 9.53 Å². The van der Waals surface area contributed by atoms with Crippen molar-refractivity contribution in [3.8, 4) is 5.75 Å². The second kappa shape index (κ2) is 5.76. The fourth-order valence-electron chi connectivity index (χ4n) is 1.43. The maximum absolute atomic E-state index is 9.37. The minimum absolute atomic E-state index is 0.0512. The molecule has 1 aromatic rings. The van der Waals surface area contributed by atoms with Crippen molar-refractivity contribution in [1.82, 2.24) is 0 Å². The van der Waals surface area contributed by atoms with Gasteiger partial charge in [-0.1, -0.05) is 48.8 Å². The van der Waals surface area contributed by atoms with Crippen LogP contribution in [0.15, 0.2) is 18.2 Å². The number of rotatable bonds is 4. The first-order valence-electron chi connectivity index (χ1n) is 6.19. The third kappa shape index (κ3) is 3.37. The standard InChI is InChI=1S/C14H23BrO2Si/c1-14(2,3)18(4,5)17-13-8-6-7-11(10-16)12(13)9-15/h6-8,16H,9-10H2,1-5H3. The van der Waals surface area contributed by atoms with E-state index < -0.39 is 8.32 Å². The zero-order valence-electron chi connectivity index (χ0n) is 11.9. The Balaban J connectivity index is 3.12. The Morgan fingerprint density at radius 3 is 2.33 bits per heavy atom. The maximum atomic E-state index is 9.37. The normalized spacial score (nSPS) is 12.6. The molecule has 0 atom stereocenters. The molecule has 4 heteroatoms. The number of hydrogen-bond donors (Lipinski definition) is 1. The molecule has 0 saturated carbocycles. The molecule has 1 rings (SSSR count). The van der Waals surface area contributed by atoms with Gasteiger partial charge < -0.3 is 9.53 Å². The molecule has 0 heterocycles. The van der Waals surface area contributed by atoms with Crippen LogP contribution in [0.1, 0.15) is 31.9 Å². The van der Waals surface area contributed by atoms with Crippen molar-refractivity contribution in [2.24, 2.45) is 0 Å². The van der Waals surface area contributed by atoms with Crippen molar-refractivity contribution >= 4 is 24.2 Å². The van der Waals surface area contributed by atoms with Crippen molar-refractivity contribution in [2.75, 3.05) is 0 Å². The number of alkyl halides is 1. The number of hydrogen-bond acceptors (Lipinski definition) is 2. The predicted molar refractivity (Wildman–Crippen MR) is 82.8 cm³/mol. The first-order valence-corrected chi connectivity index (χ1v) is 10.2. The van der Waals surface area contributed by atoms with Crippen molar-refractivity contribution in [2.45, 2.75) is 50.8 Å². The summed E-state index contributed by atoms with van der Waals surface area (Å²) in [5, 5.41) is 10.2. The highest BCUT2D eigenvalue weighted by atomic mass is 79.9. The molecule has 2 nitrogen and oxygen atoms in total. The van der Waals surface area contributed by atoms with E-state index in [2.05, 4.69) is 49.8 Å². The Morgan fingerprint density at radius 1 is 1.28 bits per heavy atom. The lowest BCUT2D eigenvalue weighted by atomic mass is 10.1. The van der Waals surface area contributed by atoms with E-state index >= 15 is 0 Å². The van der Waals surface area contributed by atoms with Gasteiger partial charge in [-0.2, -0.15) is 0 Å². The lowest BCUT2D eigenvalue weighted by Gasteiger charge is -2.37. The smallest absolute Gasteiger partial charge is 0.250 e. The monoisotopic (exact) mass is 330 g/mol. The van der Waals surface area contributed by atoms with Crippen LogP contribution in [0.4, 0.5) is 0 Å². The Labute approximate surface area is 120 Å². The number of aliphatic hydroxyl groups excluding tert-OH is 1. The molecule has 0 aliphatic rings. The van der Waals surface area contributed by atoms with Gasteiger partial charge in [-0.05, 0) is 29.8 Å². The van der Waals surface area contributed by atoms with E-state index in [1.165, 1.54) is 0 Å². The van der Waals surface area contributed by atoms with Gasteiger partial charge in [-0.3, -0.25) is 0 Å². The molecule has 0 aliphatic heterocycles. The van der Waals surface area contributed by atoms with Crippen LogP contribution in [0.2, 0.25) is 18.1 Å². The Kier molecular flexibility index (Phi) is 5.03. The molecule has 0 unspecified atom stereocenters. The largest absolute Gasteiger partial charge is 0.543 e. The quantitative estimate of drug-likeness (QED) is 0.652. The first-order chi connectivity index (χ1) is 8.23. The summed E-state index contributed by atoms with van der Waals surface area (Å²) < 4.78 is 6.33. The van der Waals surface area contributed by atoms with Crippen LogP contribution in [-0.2, 0) is 11.9 Å². The fraction of sp³-hybridized carbons (Fsp3) is 0.571. The van der Waals surface area contributed by atoms with Crippen molar-refractivity contribution in [1.29, 1.82) is 0 Å². The van der Waals surface area contributed by atoms with E-state index in [0.717, 1.165) is 16.9 Å². The zero-order chi connectivity index (χ0) is 14.0. The minimum atomic E-state index is -1.83. The van der Waals surface area contributed by atoms with Crippen LogP contribution >= 0.6 is 15.9 Å². The summed E-state index contributed by atoms with van der Waals surface area (Å²) in [6, 6.07) is 5.88. The molecule has 1 aromatic carbocycles. The van der Waals surface area contributed by atoms with E-state index in [-0.39, 0.29) is 11.6 Å². The van der Waals surface area contributed by atoms with Gasteiger partial charge in [-0.15, -0.1) is 0 Å². The van der Waals surface area contributed by atoms with Crippen LogP contribution in [0.5, 0.6) is 5.75 Å². The minimum Gasteiger partial charge on any atom is -0.543 e. The van der Waals surface area contributed by atoms with Gasteiger partial charge in [0.1, 0.15) is 5.75 Å². The van der Waals surface area contributed by atoms with Crippen LogP contribution in [-0.4, -0.2) is 13.4 Å². The highest BCUT2D eigenvalue weighted by Gasteiger charge is 2.39. The highest BCUT2D eigenvalue weighted by molar-refractivity contribution is 9.08. The SMILES string of the molecule is CC(C)(C)[Si](C)(C)Oc1cccc(CO)c1CBr. The molecule has 0 bridgehead atoms. The maximum Gasteiger partial charge on any atom is 0.250 e. The Morgan fingerprint density at radius 2 is 1.89 bits per heavy atom. The summed E-state index contributed by atoms with van der Waals surface area (Å²) >= 11 is 3.48. The molecular formula is C14H23BrO2Si. The van der Waals surface area contributed by atoms with Crippen LogP contribution in [0, 0.1) is 0 Å². The van der Waals surface area contributed by atoms with Crippen LogP contribution in [0.25, 0.3) is 0 Å². The van der Waals surface area contributed by atoms with Gasteiger partial charge in [0.15, 0.2) is 0 Å². The summed E-state index contributed by atoms with van der Waals surface area (Å²) in [7, 11) is -1.83. The van der Waals surface area contributed by atoms with Crippen molar-refractivity contribution in [3.63, 3.8) is 0 Å². The van der Waals surface area contributed by atoms with Gasteiger partial charge in [-0.25, -0.2) is 0 Å². The topological polar surface area (TPSA) is 29.5 Å². The van der Waals surface area contributed by atoms with E-state index in [9.17, 15) is 5.11 Å². The zero-order valence-corrected chi connectivity index (χ0v) is 14.5. The van der Waals surface area contributed by atoms with E-state index in [1.807, 2.05) is 18.2 Å². The summed E-state index contributed by atoms with van der Waals surface area (Å²) in [6.45, 7) is 11.2. The molecule has 0 radical (unpaired) electrons. The van der Waals surface area contributed by atoms with Crippen molar-refractivity contribution in [3.05, 3.63) is 29.3 Å². The molecule has 0 aromatic heterocycles. The molecular weight excluding hydrogens is 308 g/mol. The summed E-state index contributed by atoms with van der Waals surface area (Å²) in [6.07, 6.45) is 0. The highest BCUT2D eigenvalue weighted by Crippen LogP contribution is 2.39. The molecule has 18 heavy (non-hydrogen) atoms. The van der Waals surface area contributed by atoms with Crippen LogP contribution < -0.4 is 4.43 Å². The number of halogens is 1. The van der Waals surface area contributed by atoms with Gasteiger partial charge >= 0.3 is 0 Å². The third-order valence-electron chi connectivity index (χ3n) is 3.71. The molecule has 0 fully saturated rings. The summed E-state index contributed by atoms with van der Waals surface area (Å²) in [4.78, 5) is 0. The van der Waals surface area contributed by atoms with Gasteiger partial charge in [0.2, 0.25) is 8.32 Å². The molecule has 102 valence electrons. The van der Waals surface area contributed by atoms with Crippen LogP contribution in [0.3, 0.4) is 0 Å². The first kappa shape index (κ1) is 15.7. The lowest BCUT2D eigenvalue weighted by molar-refractivity contribution is 0.280. The average molecular weight is 331 g/mol. The number of benzene rings is 1. The molecule has 1 N–H and O–H groups in total. The lowest BCUT2D eigenvalue weighted by Crippen LogP contribution is -2.44. The second-order valence-electron chi connectivity index (χ2n) is 6.05. The van der Waals surface area contributed by atoms with E-state index in [0.29, 0.717) is 5.33 Å². The van der Waals surface area contributed by atoms with E-state index in [1.54, 1.807) is 0 Å².